The predicted octanol–water partition coefficient (Wildman–Crippen LogP) is 3.19. The maximum Gasteiger partial charge on any atom is 0.322 e. The average Bonchev–Trinajstić information content (AvgIpc) is 2.97. The van der Waals surface area contributed by atoms with Gasteiger partial charge in [-0.25, -0.2) is 4.79 Å². The first-order valence-electron chi connectivity index (χ1n) is 7.88. The summed E-state index contributed by atoms with van der Waals surface area (Å²) in [5.41, 5.74) is 0.728. The second-order valence-electron chi connectivity index (χ2n) is 5.90. The van der Waals surface area contributed by atoms with Gasteiger partial charge in [0, 0.05) is 18.8 Å². The normalized spacial score (nSPS) is 10.7. The third-order valence-corrected chi connectivity index (χ3v) is 3.59. The van der Waals surface area contributed by atoms with Crippen molar-refractivity contribution in [3.63, 3.8) is 0 Å². The summed E-state index contributed by atoms with van der Waals surface area (Å²) < 4.78 is 10.7. The van der Waals surface area contributed by atoms with Crippen LogP contribution in [0, 0.1) is 6.92 Å². The summed E-state index contributed by atoms with van der Waals surface area (Å²) in [6.45, 7) is 3.71. The highest BCUT2D eigenvalue weighted by molar-refractivity contribution is 5.89. The maximum atomic E-state index is 12.6. The molecule has 0 aliphatic carbocycles. The first-order chi connectivity index (χ1) is 11.5. The molecule has 2 aromatic rings. The molecule has 0 aliphatic heterocycles. The van der Waals surface area contributed by atoms with Crippen molar-refractivity contribution >= 4 is 11.7 Å². The summed E-state index contributed by atoms with van der Waals surface area (Å²) in [5, 5.41) is 2.92. The Bertz CT molecular complexity index is 650. The molecule has 1 N–H and O–H groups in total. The molecule has 24 heavy (non-hydrogen) atoms. The molecule has 6 nitrogen and oxygen atoms in total. The van der Waals surface area contributed by atoms with E-state index in [1.807, 2.05) is 62.3 Å². The SMILES string of the molecule is COc1ccc(NC(=O)N(CCN(C)C)Cc2ccc(C)o2)cc1. The van der Waals surface area contributed by atoms with Gasteiger partial charge in [-0.2, -0.15) is 0 Å². The van der Waals surface area contributed by atoms with Crippen LogP contribution in [-0.2, 0) is 6.54 Å². The fourth-order valence-electron chi connectivity index (χ4n) is 2.21. The molecule has 0 spiro atoms. The van der Waals surface area contributed by atoms with Crippen molar-refractivity contribution < 1.29 is 13.9 Å². The van der Waals surface area contributed by atoms with E-state index in [0.29, 0.717) is 13.1 Å². The Morgan fingerprint density at radius 2 is 1.83 bits per heavy atom. The van der Waals surface area contributed by atoms with Crippen molar-refractivity contribution in [1.29, 1.82) is 0 Å². The first-order valence-corrected chi connectivity index (χ1v) is 7.88. The Morgan fingerprint density at radius 1 is 1.12 bits per heavy atom. The Hall–Kier alpha value is -2.47. The molecule has 0 atom stereocenters. The molecule has 0 fully saturated rings. The molecule has 0 radical (unpaired) electrons. The third-order valence-electron chi connectivity index (χ3n) is 3.59. The number of carbonyl (C=O) groups is 1. The van der Waals surface area contributed by atoms with Gasteiger partial charge in [0.1, 0.15) is 17.3 Å². The number of amides is 2. The van der Waals surface area contributed by atoms with Crippen LogP contribution in [0.15, 0.2) is 40.8 Å². The van der Waals surface area contributed by atoms with Crippen LogP contribution in [0.3, 0.4) is 0 Å². The Balaban J connectivity index is 2.04. The lowest BCUT2D eigenvalue weighted by molar-refractivity contribution is 0.196. The number of nitrogens with one attached hydrogen (secondary N) is 1. The number of nitrogens with zero attached hydrogens (tertiary/aromatic N) is 2. The van der Waals surface area contributed by atoms with Gasteiger partial charge in [0.05, 0.1) is 13.7 Å². The van der Waals surface area contributed by atoms with E-state index in [1.165, 1.54) is 0 Å². The molecule has 1 heterocycles. The smallest absolute Gasteiger partial charge is 0.322 e. The minimum Gasteiger partial charge on any atom is -0.497 e. The second-order valence-corrected chi connectivity index (χ2v) is 5.90. The number of hydrogen-bond donors (Lipinski definition) is 1. The van der Waals surface area contributed by atoms with E-state index in [-0.39, 0.29) is 6.03 Å². The lowest BCUT2D eigenvalue weighted by Crippen LogP contribution is -2.38. The number of furan rings is 1. The Labute approximate surface area is 143 Å². The Kier molecular flexibility index (Phi) is 6.26. The minimum atomic E-state index is -0.156. The number of urea groups is 1. The van der Waals surface area contributed by atoms with Crippen LogP contribution >= 0.6 is 0 Å². The lowest BCUT2D eigenvalue weighted by Gasteiger charge is -2.24. The van der Waals surface area contributed by atoms with Crippen LogP contribution < -0.4 is 10.1 Å². The highest BCUT2D eigenvalue weighted by Crippen LogP contribution is 2.16. The maximum absolute atomic E-state index is 12.6. The van der Waals surface area contributed by atoms with Crippen LogP contribution in [0.4, 0.5) is 10.5 Å². The molecule has 2 rings (SSSR count). The van der Waals surface area contributed by atoms with Crippen molar-refractivity contribution in [2.45, 2.75) is 13.5 Å². The van der Waals surface area contributed by atoms with Crippen LogP contribution in [0.1, 0.15) is 11.5 Å². The molecule has 0 saturated carbocycles. The molecule has 0 saturated heterocycles. The van der Waals surface area contributed by atoms with Crippen molar-refractivity contribution in [1.82, 2.24) is 9.80 Å². The van der Waals surface area contributed by atoms with Gasteiger partial charge in [-0.05, 0) is 57.4 Å². The number of anilines is 1. The standard InChI is InChI=1S/C18H25N3O3/c1-14-5-8-17(24-14)13-21(12-11-20(2)3)18(22)19-15-6-9-16(23-4)10-7-15/h5-10H,11-13H2,1-4H3,(H,19,22). The van der Waals surface area contributed by atoms with E-state index in [9.17, 15) is 4.79 Å². The van der Waals surface area contributed by atoms with Crippen LogP contribution in [0.5, 0.6) is 5.75 Å². The van der Waals surface area contributed by atoms with Crippen LogP contribution in [-0.4, -0.2) is 50.1 Å². The van der Waals surface area contributed by atoms with Gasteiger partial charge in [0.15, 0.2) is 0 Å². The largest absolute Gasteiger partial charge is 0.497 e. The van der Waals surface area contributed by atoms with E-state index in [4.69, 9.17) is 9.15 Å². The highest BCUT2D eigenvalue weighted by atomic mass is 16.5. The third kappa shape index (κ3) is 5.31. The van der Waals surface area contributed by atoms with E-state index < -0.39 is 0 Å². The number of methoxy groups -OCH3 is 1. The first kappa shape index (κ1) is 17.9. The number of aryl methyl sites for hydroxylation is 1. The number of carbonyl (C=O) groups excluding carboxylic acids is 1. The molecular weight excluding hydrogens is 306 g/mol. The summed E-state index contributed by atoms with van der Waals surface area (Å²) in [5.74, 6) is 2.37. The summed E-state index contributed by atoms with van der Waals surface area (Å²) >= 11 is 0. The van der Waals surface area contributed by atoms with Crippen molar-refractivity contribution in [3.05, 3.63) is 47.9 Å². The number of ether oxygens (including phenoxy) is 1. The molecule has 1 aromatic heterocycles. The average molecular weight is 331 g/mol. The van der Waals surface area contributed by atoms with Crippen LogP contribution in [0.2, 0.25) is 0 Å². The zero-order chi connectivity index (χ0) is 17.5. The van der Waals surface area contributed by atoms with Gasteiger partial charge in [-0.15, -0.1) is 0 Å². The summed E-state index contributed by atoms with van der Waals surface area (Å²) in [6, 6.07) is 10.9. The number of rotatable bonds is 7. The van der Waals surface area contributed by atoms with Crippen molar-refractivity contribution in [3.8, 4) is 5.75 Å². The topological polar surface area (TPSA) is 58.0 Å². The fraction of sp³-hybridized carbons (Fsp3) is 0.389. The van der Waals surface area contributed by atoms with Gasteiger partial charge in [-0.1, -0.05) is 0 Å². The molecule has 0 unspecified atom stereocenters. The van der Waals surface area contributed by atoms with Gasteiger partial charge in [0.2, 0.25) is 0 Å². The van der Waals surface area contributed by atoms with E-state index in [0.717, 1.165) is 29.5 Å². The van der Waals surface area contributed by atoms with Gasteiger partial charge >= 0.3 is 6.03 Å². The molecule has 0 aliphatic rings. The van der Waals surface area contributed by atoms with Gasteiger partial charge in [0.25, 0.3) is 0 Å². The van der Waals surface area contributed by atoms with E-state index >= 15 is 0 Å². The summed E-state index contributed by atoms with van der Waals surface area (Å²) in [7, 11) is 5.58. The van der Waals surface area contributed by atoms with Gasteiger partial charge < -0.3 is 24.3 Å². The molecule has 0 bridgehead atoms. The minimum absolute atomic E-state index is 0.156. The van der Waals surface area contributed by atoms with Crippen molar-refractivity contribution in [2.75, 3.05) is 39.6 Å². The van der Waals surface area contributed by atoms with E-state index in [2.05, 4.69) is 5.32 Å². The number of likely N-dealkylation sites (N-methyl/N-ethyl adjacent to an activating group) is 1. The second kappa shape index (κ2) is 8.40. The monoisotopic (exact) mass is 331 g/mol. The fourth-order valence-corrected chi connectivity index (χ4v) is 2.21. The molecule has 1 aromatic carbocycles. The zero-order valence-corrected chi connectivity index (χ0v) is 14.7. The molecule has 2 amide bonds. The van der Waals surface area contributed by atoms with E-state index in [1.54, 1.807) is 12.0 Å². The summed E-state index contributed by atoms with van der Waals surface area (Å²) in [4.78, 5) is 16.4. The quantitative estimate of drug-likeness (QED) is 0.846. The number of hydrogen-bond acceptors (Lipinski definition) is 4. The van der Waals surface area contributed by atoms with Crippen molar-refractivity contribution in [2.24, 2.45) is 0 Å². The Morgan fingerprint density at radius 3 is 2.38 bits per heavy atom. The van der Waals surface area contributed by atoms with Gasteiger partial charge in [-0.3, -0.25) is 0 Å². The number of benzene rings is 1. The molecular formula is C18H25N3O3. The summed E-state index contributed by atoms with van der Waals surface area (Å²) in [6.07, 6.45) is 0. The molecule has 6 heteroatoms. The zero-order valence-electron chi connectivity index (χ0n) is 14.7. The predicted molar refractivity (Wildman–Crippen MR) is 94.4 cm³/mol. The molecule has 130 valence electrons. The van der Waals surface area contributed by atoms with Crippen LogP contribution in [0.25, 0.3) is 0 Å². The lowest BCUT2D eigenvalue weighted by atomic mass is 10.3. The highest BCUT2D eigenvalue weighted by Gasteiger charge is 2.16.